The Kier molecular flexibility index (Phi) is 6.48. The first kappa shape index (κ1) is 20.2. The lowest BCUT2D eigenvalue weighted by Gasteiger charge is -2.36. The highest BCUT2D eigenvalue weighted by Gasteiger charge is 2.34. The number of allylic oxidation sites excluding steroid dienone is 2. The fourth-order valence-electron chi connectivity index (χ4n) is 4.84. The molecule has 1 nitrogen and oxygen atoms in total. The van der Waals surface area contributed by atoms with Crippen LogP contribution in [0.3, 0.4) is 0 Å². The maximum atomic E-state index is 14.0. The van der Waals surface area contributed by atoms with Crippen molar-refractivity contribution in [2.45, 2.75) is 71.1 Å². The summed E-state index contributed by atoms with van der Waals surface area (Å²) < 4.78 is 55.0. The van der Waals surface area contributed by atoms with Crippen molar-refractivity contribution in [1.29, 1.82) is 0 Å². The van der Waals surface area contributed by atoms with Gasteiger partial charge in [0.15, 0.2) is 11.6 Å². The maximum absolute atomic E-state index is 14.0. The average molecular weight is 384 g/mol. The number of rotatable bonds is 5. The van der Waals surface area contributed by atoms with E-state index in [1.165, 1.54) is 44.2 Å². The molecule has 0 radical (unpaired) electrons. The van der Waals surface area contributed by atoms with Crippen molar-refractivity contribution in [3.63, 3.8) is 0 Å². The number of ether oxygens (including phenoxy) is 1. The third-order valence-corrected chi connectivity index (χ3v) is 6.28. The van der Waals surface area contributed by atoms with Crippen molar-refractivity contribution in [3.05, 3.63) is 41.2 Å². The molecule has 0 saturated heterocycles. The number of hydrogen-bond acceptors (Lipinski definition) is 1. The summed E-state index contributed by atoms with van der Waals surface area (Å²) in [4.78, 5) is 0. The molecule has 0 amide bonds. The number of halogens is 4. The van der Waals surface area contributed by atoms with Gasteiger partial charge in [-0.2, -0.15) is 0 Å². The summed E-state index contributed by atoms with van der Waals surface area (Å²) in [6.45, 7) is 2.05. The Morgan fingerprint density at radius 3 is 2.44 bits per heavy atom. The van der Waals surface area contributed by atoms with Gasteiger partial charge in [0, 0.05) is 0 Å². The standard InChI is InChI=1S/C22H28F4O/c1-2-3-4-5-15-6-8-16(9-7-15)17-10-11-18-14-21(27-22(24,25)26)20(23)13-19(18)12-17/h2-3,13-17H,4-12H2,1H3/b3-2+. The van der Waals surface area contributed by atoms with Crippen LogP contribution in [0.2, 0.25) is 0 Å². The average Bonchev–Trinajstić information content (AvgIpc) is 2.62. The second-order valence-corrected chi connectivity index (χ2v) is 8.03. The fraction of sp³-hybridized carbons (Fsp3) is 0.636. The molecule has 5 heteroatoms. The molecule has 1 atom stereocenters. The minimum Gasteiger partial charge on any atom is -0.403 e. The van der Waals surface area contributed by atoms with Crippen LogP contribution in [0.5, 0.6) is 5.75 Å². The van der Waals surface area contributed by atoms with Gasteiger partial charge in [-0.25, -0.2) is 4.39 Å². The van der Waals surface area contributed by atoms with Crippen LogP contribution in [-0.4, -0.2) is 6.36 Å². The molecule has 150 valence electrons. The van der Waals surface area contributed by atoms with E-state index in [9.17, 15) is 17.6 Å². The lowest BCUT2D eigenvalue weighted by molar-refractivity contribution is -0.275. The largest absolute Gasteiger partial charge is 0.573 e. The predicted molar refractivity (Wildman–Crippen MR) is 98.1 cm³/mol. The molecule has 1 saturated carbocycles. The molecule has 1 fully saturated rings. The Labute approximate surface area is 158 Å². The molecule has 0 aromatic heterocycles. The Hall–Kier alpha value is -1.52. The molecule has 3 rings (SSSR count). The summed E-state index contributed by atoms with van der Waals surface area (Å²) in [5.74, 6) is 0.363. The Morgan fingerprint density at radius 1 is 1.04 bits per heavy atom. The molecule has 0 spiro atoms. The second kappa shape index (κ2) is 8.66. The van der Waals surface area contributed by atoms with Gasteiger partial charge in [-0.1, -0.05) is 25.0 Å². The topological polar surface area (TPSA) is 9.23 Å². The van der Waals surface area contributed by atoms with Gasteiger partial charge in [-0.15, -0.1) is 13.2 Å². The number of benzene rings is 1. The van der Waals surface area contributed by atoms with E-state index in [-0.39, 0.29) is 0 Å². The van der Waals surface area contributed by atoms with Crippen LogP contribution in [-0.2, 0) is 12.8 Å². The van der Waals surface area contributed by atoms with Gasteiger partial charge in [0.05, 0.1) is 0 Å². The van der Waals surface area contributed by atoms with Crippen molar-refractivity contribution < 1.29 is 22.3 Å². The van der Waals surface area contributed by atoms with E-state index in [1.54, 1.807) is 0 Å². The van der Waals surface area contributed by atoms with Crippen molar-refractivity contribution in [3.8, 4) is 5.75 Å². The molecule has 1 unspecified atom stereocenters. The van der Waals surface area contributed by atoms with E-state index >= 15 is 0 Å². The van der Waals surface area contributed by atoms with E-state index in [1.807, 2.05) is 0 Å². The highest BCUT2D eigenvalue weighted by Crippen LogP contribution is 2.41. The van der Waals surface area contributed by atoms with E-state index in [0.717, 1.165) is 36.3 Å². The van der Waals surface area contributed by atoms with E-state index in [2.05, 4.69) is 23.8 Å². The van der Waals surface area contributed by atoms with Crippen molar-refractivity contribution in [2.24, 2.45) is 17.8 Å². The van der Waals surface area contributed by atoms with Crippen LogP contribution < -0.4 is 4.74 Å². The molecule has 2 aliphatic rings. The van der Waals surface area contributed by atoms with Gasteiger partial charge >= 0.3 is 6.36 Å². The predicted octanol–water partition coefficient (Wildman–Crippen LogP) is 6.99. The van der Waals surface area contributed by atoms with Crippen molar-refractivity contribution in [2.75, 3.05) is 0 Å². The van der Waals surface area contributed by atoms with Crippen molar-refractivity contribution >= 4 is 0 Å². The Bertz CT molecular complexity index is 657. The summed E-state index contributed by atoms with van der Waals surface area (Å²) in [5.41, 5.74) is 1.65. The van der Waals surface area contributed by atoms with Crippen molar-refractivity contribution in [1.82, 2.24) is 0 Å². The molecule has 0 bridgehead atoms. The lowest BCUT2D eigenvalue weighted by atomic mass is 9.69. The first-order chi connectivity index (χ1) is 12.9. The van der Waals surface area contributed by atoms with Gasteiger partial charge in [-0.05, 0) is 92.9 Å². The molecule has 0 heterocycles. The quantitative estimate of drug-likeness (QED) is 0.393. The zero-order valence-corrected chi connectivity index (χ0v) is 15.8. The van der Waals surface area contributed by atoms with Crippen LogP contribution in [0.15, 0.2) is 24.3 Å². The third-order valence-electron chi connectivity index (χ3n) is 6.28. The second-order valence-electron chi connectivity index (χ2n) is 8.03. The normalized spacial score (nSPS) is 26.2. The summed E-state index contributed by atoms with van der Waals surface area (Å²) in [5, 5.41) is 0. The van der Waals surface area contributed by atoms with E-state index in [0.29, 0.717) is 18.3 Å². The zero-order chi connectivity index (χ0) is 19.4. The SMILES string of the molecule is C/C=C/CCC1CCC(C2CCc3cc(OC(F)(F)F)c(F)cc3C2)CC1. The minimum atomic E-state index is -4.86. The number of hydrogen-bond donors (Lipinski definition) is 0. The highest BCUT2D eigenvalue weighted by molar-refractivity contribution is 5.39. The first-order valence-electron chi connectivity index (χ1n) is 10.0. The summed E-state index contributed by atoms with van der Waals surface area (Å²) in [7, 11) is 0. The Morgan fingerprint density at radius 2 is 1.78 bits per heavy atom. The highest BCUT2D eigenvalue weighted by atomic mass is 19.4. The number of fused-ring (bicyclic) bond motifs is 1. The molecule has 0 aliphatic heterocycles. The number of aryl methyl sites for hydroxylation is 1. The zero-order valence-electron chi connectivity index (χ0n) is 15.8. The third kappa shape index (κ3) is 5.49. The van der Waals surface area contributed by atoms with Gasteiger partial charge in [0.25, 0.3) is 0 Å². The molecule has 2 aliphatic carbocycles. The monoisotopic (exact) mass is 384 g/mol. The molecule has 1 aromatic rings. The Balaban J connectivity index is 1.58. The van der Waals surface area contributed by atoms with Gasteiger partial charge in [0.2, 0.25) is 0 Å². The molecular weight excluding hydrogens is 356 g/mol. The summed E-state index contributed by atoms with van der Waals surface area (Å²) >= 11 is 0. The molecule has 1 aromatic carbocycles. The lowest BCUT2D eigenvalue weighted by Crippen LogP contribution is -2.27. The van der Waals surface area contributed by atoms with Crippen LogP contribution in [0.4, 0.5) is 17.6 Å². The van der Waals surface area contributed by atoms with Crippen LogP contribution in [0.25, 0.3) is 0 Å². The van der Waals surface area contributed by atoms with E-state index < -0.39 is 17.9 Å². The molecule has 27 heavy (non-hydrogen) atoms. The molecule has 0 N–H and O–H groups in total. The maximum Gasteiger partial charge on any atom is 0.573 e. The minimum absolute atomic E-state index is 0.516. The van der Waals surface area contributed by atoms with Gasteiger partial charge in [0.1, 0.15) is 0 Å². The fourth-order valence-corrected chi connectivity index (χ4v) is 4.84. The summed E-state index contributed by atoms with van der Waals surface area (Å²) in [6.07, 6.45) is 9.30. The van der Waals surface area contributed by atoms with Gasteiger partial charge in [-0.3, -0.25) is 0 Å². The van der Waals surface area contributed by atoms with Crippen LogP contribution >= 0.6 is 0 Å². The number of alkyl halides is 3. The van der Waals surface area contributed by atoms with Crippen LogP contribution in [0.1, 0.15) is 63.0 Å². The van der Waals surface area contributed by atoms with E-state index in [4.69, 9.17) is 0 Å². The van der Waals surface area contributed by atoms with Gasteiger partial charge < -0.3 is 4.74 Å². The first-order valence-corrected chi connectivity index (χ1v) is 10.0. The summed E-state index contributed by atoms with van der Waals surface area (Å²) in [6, 6.07) is 2.50. The molecular formula is C22H28F4O. The van der Waals surface area contributed by atoms with Crippen LogP contribution in [0, 0.1) is 23.6 Å². The smallest absolute Gasteiger partial charge is 0.403 e.